The highest BCUT2D eigenvalue weighted by atomic mass is 16.4. The first-order valence-corrected chi connectivity index (χ1v) is 9.17. The molecule has 9 nitrogen and oxygen atoms in total. The summed E-state index contributed by atoms with van der Waals surface area (Å²) >= 11 is 0. The number of unbranched alkanes of at least 4 members (excludes halogenated alkanes) is 1. The SMILES string of the molecule is Cc1cc(=O)n(C)c(=O)n1CCCCNC(C)c1ccccc1.O=C(O)C(=O)O. The molecule has 1 aromatic carbocycles. The summed E-state index contributed by atoms with van der Waals surface area (Å²) in [7, 11) is 1.52. The highest BCUT2D eigenvalue weighted by Gasteiger charge is 2.06. The summed E-state index contributed by atoms with van der Waals surface area (Å²) in [5.74, 6) is -3.65. The van der Waals surface area contributed by atoms with E-state index >= 15 is 0 Å². The standard InChI is InChI=1S/C18H25N3O2.C2H2O4/c1-14-13-17(22)20(3)18(23)21(14)12-8-7-11-19-15(2)16-9-5-4-6-10-16;3-1(4)2(5)6/h4-6,9-10,13,15,19H,7-8,11-12H2,1-3H3;(H,3,4)(H,5,6). The Morgan fingerprint density at radius 1 is 1.07 bits per heavy atom. The van der Waals surface area contributed by atoms with Crippen LogP contribution in [0.15, 0.2) is 46.0 Å². The highest BCUT2D eigenvalue weighted by molar-refractivity contribution is 6.27. The summed E-state index contributed by atoms with van der Waals surface area (Å²) in [6.07, 6.45) is 1.87. The van der Waals surface area contributed by atoms with Crippen LogP contribution in [0.1, 0.15) is 37.1 Å². The van der Waals surface area contributed by atoms with Gasteiger partial charge in [0.05, 0.1) is 0 Å². The summed E-state index contributed by atoms with van der Waals surface area (Å²) in [6, 6.07) is 12.2. The van der Waals surface area contributed by atoms with E-state index in [0.717, 1.165) is 29.6 Å². The number of carboxylic acids is 2. The lowest BCUT2D eigenvalue weighted by atomic mass is 10.1. The second-order valence-electron chi connectivity index (χ2n) is 6.52. The molecular formula is C20H27N3O6. The monoisotopic (exact) mass is 405 g/mol. The molecule has 0 radical (unpaired) electrons. The Morgan fingerprint density at radius 2 is 1.66 bits per heavy atom. The summed E-state index contributed by atoms with van der Waals surface area (Å²) in [5, 5.41) is 18.3. The van der Waals surface area contributed by atoms with Crippen LogP contribution in [0.2, 0.25) is 0 Å². The van der Waals surface area contributed by atoms with Gasteiger partial charge in [-0.25, -0.2) is 14.4 Å². The number of aryl methyl sites for hydroxylation is 1. The fraction of sp³-hybridized carbons (Fsp3) is 0.400. The molecule has 0 aliphatic heterocycles. The molecule has 9 heteroatoms. The molecule has 0 bridgehead atoms. The van der Waals surface area contributed by atoms with Crippen molar-refractivity contribution in [3.63, 3.8) is 0 Å². The third-order valence-electron chi connectivity index (χ3n) is 4.35. The smallest absolute Gasteiger partial charge is 0.414 e. The molecule has 0 saturated heterocycles. The van der Waals surface area contributed by atoms with Gasteiger partial charge >= 0.3 is 17.6 Å². The van der Waals surface area contributed by atoms with E-state index in [4.69, 9.17) is 19.8 Å². The van der Waals surface area contributed by atoms with E-state index in [1.807, 2.05) is 18.2 Å². The van der Waals surface area contributed by atoms with E-state index in [2.05, 4.69) is 24.4 Å². The predicted molar refractivity (Wildman–Crippen MR) is 108 cm³/mol. The van der Waals surface area contributed by atoms with Gasteiger partial charge in [0, 0.05) is 31.4 Å². The zero-order valence-electron chi connectivity index (χ0n) is 16.8. The van der Waals surface area contributed by atoms with Crippen molar-refractivity contribution in [1.29, 1.82) is 0 Å². The van der Waals surface area contributed by atoms with Crippen LogP contribution in [0.4, 0.5) is 0 Å². The van der Waals surface area contributed by atoms with Gasteiger partial charge in [0.15, 0.2) is 0 Å². The fourth-order valence-electron chi connectivity index (χ4n) is 2.62. The van der Waals surface area contributed by atoms with E-state index in [1.54, 1.807) is 11.5 Å². The van der Waals surface area contributed by atoms with Gasteiger partial charge in [-0.15, -0.1) is 0 Å². The van der Waals surface area contributed by atoms with Crippen molar-refractivity contribution in [1.82, 2.24) is 14.5 Å². The molecule has 0 fully saturated rings. The third-order valence-corrected chi connectivity index (χ3v) is 4.35. The fourth-order valence-corrected chi connectivity index (χ4v) is 2.62. The van der Waals surface area contributed by atoms with Gasteiger partial charge in [0.1, 0.15) is 0 Å². The first kappa shape index (κ1) is 23.8. The average Bonchev–Trinajstić information content (AvgIpc) is 2.69. The quantitative estimate of drug-likeness (QED) is 0.465. The van der Waals surface area contributed by atoms with Gasteiger partial charge in [-0.05, 0) is 38.8 Å². The Morgan fingerprint density at radius 3 is 2.21 bits per heavy atom. The summed E-state index contributed by atoms with van der Waals surface area (Å²) in [6.45, 7) is 5.49. The lowest BCUT2D eigenvalue weighted by Crippen LogP contribution is -2.38. The van der Waals surface area contributed by atoms with Crippen LogP contribution >= 0.6 is 0 Å². The lowest BCUT2D eigenvalue weighted by molar-refractivity contribution is -0.159. The topological polar surface area (TPSA) is 131 Å². The molecule has 1 aromatic heterocycles. The molecule has 0 amide bonds. The largest absolute Gasteiger partial charge is 0.473 e. The molecule has 0 saturated carbocycles. The van der Waals surface area contributed by atoms with E-state index < -0.39 is 11.9 Å². The number of nitrogens with one attached hydrogen (secondary N) is 1. The molecule has 0 spiro atoms. The summed E-state index contributed by atoms with van der Waals surface area (Å²) < 4.78 is 2.82. The Hall–Kier alpha value is -3.20. The molecule has 3 N–H and O–H groups in total. The molecule has 0 aliphatic carbocycles. The van der Waals surface area contributed by atoms with Gasteiger partial charge in [0.25, 0.3) is 5.56 Å². The maximum atomic E-state index is 12.1. The van der Waals surface area contributed by atoms with E-state index in [0.29, 0.717) is 12.6 Å². The van der Waals surface area contributed by atoms with Crippen molar-refractivity contribution < 1.29 is 19.8 Å². The summed E-state index contributed by atoms with van der Waals surface area (Å²) in [4.78, 5) is 41.8. The number of aliphatic carboxylic acids is 2. The van der Waals surface area contributed by atoms with Crippen LogP contribution in [-0.4, -0.2) is 37.8 Å². The van der Waals surface area contributed by atoms with Gasteiger partial charge in [-0.3, -0.25) is 13.9 Å². The normalized spacial score (nSPS) is 11.3. The maximum absolute atomic E-state index is 12.1. The zero-order chi connectivity index (χ0) is 22.0. The molecule has 2 aromatic rings. The van der Waals surface area contributed by atoms with Gasteiger partial charge in [0.2, 0.25) is 0 Å². The first-order chi connectivity index (χ1) is 13.6. The van der Waals surface area contributed by atoms with Gasteiger partial charge in [-0.2, -0.15) is 0 Å². The van der Waals surface area contributed by atoms with Crippen LogP contribution in [-0.2, 0) is 23.2 Å². The summed E-state index contributed by atoms with van der Waals surface area (Å²) in [5.41, 5.74) is 1.52. The number of hydrogen-bond donors (Lipinski definition) is 3. The van der Waals surface area contributed by atoms with Crippen LogP contribution in [0.3, 0.4) is 0 Å². The lowest BCUT2D eigenvalue weighted by Gasteiger charge is -2.15. The van der Waals surface area contributed by atoms with Gasteiger partial charge < -0.3 is 15.5 Å². The molecular weight excluding hydrogens is 378 g/mol. The number of hydrogen-bond acceptors (Lipinski definition) is 5. The molecule has 29 heavy (non-hydrogen) atoms. The minimum absolute atomic E-state index is 0.236. The number of rotatable bonds is 7. The molecule has 2 rings (SSSR count). The minimum atomic E-state index is -1.82. The highest BCUT2D eigenvalue weighted by Crippen LogP contribution is 2.10. The third kappa shape index (κ3) is 7.74. The Balaban J connectivity index is 0.000000612. The number of carboxylic acid groups (broad SMARTS) is 2. The molecule has 1 unspecified atom stereocenters. The van der Waals surface area contributed by atoms with E-state index in [1.165, 1.54) is 18.7 Å². The molecule has 1 atom stereocenters. The minimum Gasteiger partial charge on any atom is -0.473 e. The van der Waals surface area contributed by atoms with Crippen LogP contribution in [0.5, 0.6) is 0 Å². The van der Waals surface area contributed by atoms with E-state index in [-0.39, 0.29) is 11.2 Å². The number of benzene rings is 1. The second-order valence-corrected chi connectivity index (χ2v) is 6.52. The second kappa shape index (κ2) is 11.6. The Labute approximate surface area is 168 Å². The van der Waals surface area contributed by atoms with E-state index in [9.17, 15) is 9.59 Å². The molecule has 158 valence electrons. The maximum Gasteiger partial charge on any atom is 0.414 e. The van der Waals surface area contributed by atoms with Crippen LogP contribution < -0.4 is 16.6 Å². The van der Waals surface area contributed by atoms with Crippen LogP contribution in [0.25, 0.3) is 0 Å². The Kier molecular flexibility index (Phi) is 9.54. The van der Waals surface area contributed by atoms with Crippen molar-refractivity contribution in [2.24, 2.45) is 7.05 Å². The van der Waals surface area contributed by atoms with Crippen LogP contribution in [0, 0.1) is 6.92 Å². The van der Waals surface area contributed by atoms with Crippen molar-refractivity contribution >= 4 is 11.9 Å². The van der Waals surface area contributed by atoms with Crippen molar-refractivity contribution in [2.75, 3.05) is 6.54 Å². The number of aromatic nitrogens is 2. The van der Waals surface area contributed by atoms with Crippen molar-refractivity contribution in [2.45, 2.75) is 39.3 Å². The predicted octanol–water partition coefficient (Wildman–Crippen LogP) is 1.14. The first-order valence-electron chi connectivity index (χ1n) is 9.17. The van der Waals surface area contributed by atoms with Gasteiger partial charge in [-0.1, -0.05) is 30.3 Å². The zero-order valence-corrected chi connectivity index (χ0v) is 16.8. The van der Waals surface area contributed by atoms with Crippen molar-refractivity contribution in [3.8, 4) is 0 Å². The molecule has 0 aliphatic rings. The Bertz CT molecular complexity index is 921. The number of carbonyl (C=O) groups is 2. The average molecular weight is 405 g/mol. The van der Waals surface area contributed by atoms with Crippen molar-refractivity contribution in [3.05, 3.63) is 68.5 Å². The molecule has 1 heterocycles. The number of nitrogens with zero attached hydrogens (tertiary/aromatic N) is 2.